The number of aromatic nitrogens is 1. The van der Waals surface area contributed by atoms with E-state index >= 15 is 0 Å². The van der Waals surface area contributed by atoms with Gasteiger partial charge in [0.25, 0.3) is 5.91 Å². The van der Waals surface area contributed by atoms with Gasteiger partial charge in [0, 0.05) is 32.3 Å². The number of sulfonamides is 1. The molecule has 0 saturated heterocycles. The topological polar surface area (TPSA) is 107 Å². The molecule has 2 aromatic carbocycles. The van der Waals surface area contributed by atoms with Crippen molar-refractivity contribution in [1.29, 1.82) is 0 Å². The van der Waals surface area contributed by atoms with Gasteiger partial charge in [-0.25, -0.2) is 17.5 Å². The summed E-state index contributed by atoms with van der Waals surface area (Å²) in [6.07, 6.45) is 1.66. The highest BCUT2D eigenvalue weighted by molar-refractivity contribution is 7.89. The number of nitrogens with zero attached hydrogens (tertiary/aromatic N) is 3. The van der Waals surface area contributed by atoms with Crippen LogP contribution in [0.1, 0.15) is 54.3 Å². The predicted molar refractivity (Wildman–Crippen MR) is 143 cm³/mol. The van der Waals surface area contributed by atoms with Gasteiger partial charge in [-0.05, 0) is 62.7 Å². The number of ether oxygens (including phenoxy) is 2. The molecule has 0 aliphatic carbocycles. The summed E-state index contributed by atoms with van der Waals surface area (Å²) in [7, 11) is -2.08. The molecule has 3 rings (SSSR count). The highest BCUT2D eigenvalue weighted by atomic mass is 32.2. The number of amides is 1. The first kappa shape index (κ1) is 28.7. The second kappa shape index (κ2) is 13.1. The third kappa shape index (κ3) is 6.92. The van der Waals surface area contributed by atoms with Crippen molar-refractivity contribution in [2.24, 2.45) is 4.99 Å². The number of fused-ring (bicyclic) bond motifs is 1. The van der Waals surface area contributed by atoms with Gasteiger partial charge in [-0.15, -0.1) is 0 Å². The highest BCUT2D eigenvalue weighted by Crippen LogP contribution is 2.21. The molecule has 1 aromatic heterocycles. The first-order chi connectivity index (χ1) is 17.7. The quantitative estimate of drug-likeness (QED) is 0.250. The monoisotopic (exact) mass is 547 g/mol. The van der Waals surface area contributed by atoms with Gasteiger partial charge in [-0.3, -0.25) is 4.79 Å². The summed E-state index contributed by atoms with van der Waals surface area (Å²) in [6, 6.07) is 11.0. The number of carbonyl (C=O) groups excluding carboxylic acids is 2. The molecule has 0 unspecified atom stereocenters. The molecule has 0 atom stereocenters. The normalized spacial score (nSPS) is 12.4. The van der Waals surface area contributed by atoms with Gasteiger partial charge < -0.3 is 14.0 Å². The number of benzene rings is 2. The van der Waals surface area contributed by atoms with Crippen molar-refractivity contribution in [2.45, 2.75) is 45.1 Å². The Morgan fingerprint density at radius 3 is 2.38 bits per heavy atom. The second-order valence-corrected chi connectivity index (χ2v) is 11.3. The number of carbonyl (C=O) groups is 2. The van der Waals surface area contributed by atoms with Gasteiger partial charge >= 0.3 is 5.97 Å². The van der Waals surface area contributed by atoms with Gasteiger partial charge in [-0.1, -0.05) is 24.7 Å². The average molecular weight is 548 g/mol. The van der Waals surface area contributed by atoms with Crippen LogP contribution in [0.4, 0.5) is 0 Å². The van der Waals surface area contributed by atoms with E-state index in [2.05, 4.69) is 4.99 Å². The molecule has 0 N–H and O–H groups in total. The van der Waals surface area contributed by atoms with Crippen molar-refractivity contribution >= 4 is 43.5 Å². The molecule has 9 nitrogen and oxygen atoms in total. The zero-order valence-corrected chi connectivity index (χ0v) is 23.2. The Balaban J connectivity index is 1.95. The standard InChI is InChI=1S/C26H33N3O6S2/c1-5-8-15-28(4)37(32,33)21-12-9-19(10-13-21)24(30)27-26-29(16-17-34-6-2)22-14-11-20(18-23(22)36-26)25(31)35-7-3/h9-14,18H,5-8,15-17H2,1-4H3. The van der Waals surface area contributed by atoms with Crippen LogP contribution in [0.2, 0.25) is 0 Å². The first-order valence-electron chi connectivity index (χ1n) is 12.3. The third-order valence-corrected chi connectivity index (χ3v) is 8.60. The van der Waals surface area contributed by atoms with Gasteiger partial charge in [0.15, 0.2) is 4.80 Å². The fraction of sp³-hybridized carbons (Fsp3) is 0.423. The third-order valence-electron chi connectivity index (χ3n) is 5.69. The molecule has 200 valence electrons. The van der Waals surface area contributed by atoms with Crippen LogP contribution in [0, 0.1) is 0 Å². The Kier molecular flexibility index (Phi) is 10.2. The van der Waals surface area contributed by atoms with Crippen molar-refractivity contribution < 1.29 is 27.5 Å². The van der Waals surface area contributed by atoms with Gasteiger partial charge in [-0.2, -0.15) is 4.99 Å². The van der Waals surface area contributed by atoms with E-state index < -0.39 is 21.9 Å². The van der Waals surface area contributed by atoms with Crippen molar-refractivity contribution in [3.05, 3.63) is 58.4 Å². The predicted octanol–water partition coefficient (Wildman–Crippen LogP) is 4.08. The zero-order chi connectivity index (χ0) is 27.0. The largest absolute Gasteiger partial charge is 0.462 e. The molecule has 0 saturated carbocycles. The van der Waals surface area contributed by atoms with Crippen LogP contribution < -0.4 is 4.80 Å². The number of rotatable bonds is 12. The van der Waals surface area contributed by atoms with E-state index in [9.17, 15) is 18.0 Å². The second-order valence-electron chi connectivity index (χ2n) is 8.26. The Bertz CT molecular complexity index is 1410. The zero-order valence-electron chi connectivity index (χ0n) is 21.6. The lowest BCUT2D eigenvalue weighted by atomic mass is 10.2. The first-order valence-corrected chi connectivity index (χ1v) is 14.5. The smallest absolute Gasteiger partial charge is 0.338 e. The Hall–Kier alpha value is -2.86. The highest BCUT2D eigenvalue weighted by Gasteiger charge is 2.20. The molecule has 0 radical (unpaired) electrons. The molecule has 0 bridgehead atoms. The summed E-state index contributed by atoms with van der Waals surface area (Å²) >= 11 is 1.28. The van der Waals surface area contributed by atoms with E-state index in [1.54, 1.807) is 26.1 Å². The van der Waals surface area contributed by atoms with Crippen LogP contribution in [0.3, 0.4) is 0 Å². The molecular weight excluding hydrogens is 514 g/mol. The lowest BCUT2D eigenvalue weighted by molar-refractivity contribution is 0.0526. The fourth-order valence-corrected chi connectivity index (χ4v) is 5.92. The molecule has 0 aliphatic rings. The van der Waals surface area contributed by atoms with Crippen molar-refractivity contribution in [1.82, 2.24) is 8.87 Å². The van der Waals surface area contributed by atoms with Crippen LogP contribution in [-0.4, -0.2) is 62.6 Å². The summed E-state index contributed by atoms with van der Waals surface area (Å²) in [4.78, 5) is 30.1. The van der Waals surface area contributed by atoms with Crippen LogP contribution in [-0.2, 0) is 26.0 Å². The maximum atomic E-state index is 13.0. The molecule has 0 aliphatic heterocycles. The molecule has 0 spiro atoms. The molecule has 11 heteroatoms. The van der Waals surface area contributed by atoms with Crippen molar-refractivity contribution in [3.8, 4) is 0 Å². The van der Waals surface area contributed by atoms with Crippen molar-refractivity contribution in [2.75, 3.05) is 33.4 Å². The Morgan fingerprint density at radius 2 is 1.73 bits per heavy atom. The maximum Gasteiger partial charge on any atom is 0.338 e. The molecule has 1 amide bonds. The van der Waals surface area contributed by atoms with E-state index in [-0.39, 0.29) is 17.1 Å². The molecule has 1 heterocycles. The molecule has 3 aromatic rings. The van der Waals surface area contributed by atoms with Crippen LogP contribution in [0.25, 0.3) is 10.2 Å². The van der Waals surface area contributed by atoms with Crippen LogP contribution in [0.15, 0.2) is 52.4 Å². The summed E-state index contributed by atoms with van der Waals surface area (Å²) in [6.45, 7) is 7.83. The minimum atomic E-state index is -3.63. The van der Waals surface area contributed by atoms with E-state index in [0.29, 0.717) is 36.7 Å². The lowest BCUT2D eigenvalue weighted by Crippen LogP contribution is -2.27. The summed E-state index contributed by atoms with van der Waals surface area (Å²) in [5.41, 5.74) is 1.52. The SMILES string of the molecule is CCCCN(C)S(=O)(=O)c1ccc(C(=O)N=c2sc3cc(C(=O)OCC)ccc3n2CCOCC)cc1. The Morgan fingerprint density at radius 1 is 1.03 bits per heavy atom. The maximum absolute atomic E-state index is 13.0. The van der Waals surface area contributed by atoms with Gasteiger partial charge in [0.2, 0.25) is 10.0 Å². The van der Waals surface area contributed by atoms with Crippen molar-refractivity contribution in [3.63, 3.8) is 0 Å². The summed E-state index contributed by atoms with van der Waals surface area (Å²) < 4.78 is 40.1. The van der Waals surface area contributed by atoms with Crippen LogP contribution >= 0.6 is 11.3 Å². The fourth-order valence-electron chi connectivity index (χ4n) is 3.62. The molecular formula is C26H33N3O6S2. The number of esters is 1. The molecule has 37 heavy (non-hydrogen) atoms. The van der Waals surface area contributed by atoms with Crippen LogP contribution in [0.5, 0.6) is 0 Å². The lowest BCUT2D eigenvalue weighted by Gasteiger charge is -2.16. The number of hydrogen-bond donors (Lipinski definition) is 0. The summed E-state index contributed by atoms with van der Waals surface area (Å²) in [5, 5.41) is 0. The minimum Gasteiger partial charge on any atom is -0.462 e. The number of thiazole rings is 1. The number of hydrogen-bond acceptors (Lipinski definition) is 7. The van der Waals surface area contributed by atoms with E-state index in [1.165, 1.54) is 39.9 Å². The Labute approximate surface area is 221 Å². The average Bonchev–Trinajstić information content (AvgIpc) is 3.23. The van der Waals surface area contributed by atoms with E-state index in [0.717, 1.165) is 23.1 Å². The van der Waals surface area contributed by atoms with E-state index in [4.69, 9.17) is 9.47 Å². The number of unbranched alkanes of at least 4 members (excludes halogenated alkanes) is 1. The molecule has 0 fully saturated rings. The van der Waals surface area contributed by atoms with Gasteiger partial charge in [0.1, 0.15) is 0 Å². The van der Waals surface area contributed by atoms with E-state index in [1.807, 2.05) is 24.5 Å². The minimum absolute atomic E-state index is 0.128. The van der Waals surface area contributed by atoms with Gasteiger partial charge in [0.05, 0.1) is 33.9 Å². The summed E-state index contributed by atoms with van der Waals surface area (Å²) in [5.74, 6) is -0.908.